The molecule has 4 nitrogen and oxygen atoms in total. The average molecular weight is 322 g/mol. The van der Waals surface area contributed by atoms with Crippen LogP contribution < -0.4 is 5.73 Å². The van der Waals surface area contributed by atoms with Gasteiger partial charge in [0.15, 0.2) is 10.4 Å². The summed E-state index contributed by atoms with van der Waals surface area (Å²) in [5.41, 5.74) is 6.72. The third kappa shape index (κ3) is 2.15. The molecule has 0 bridgehead atoms. The van der Waals surface area contributed by atoms with Crippen LogP contribution in [0.4, 0.5) is 10.2 Å². The van der Waals surface area contributed by atoms with Crippen LogP contribution in [-0.4, -0.2) is 9.78 Å². The predicted octanol–water partition coefficient (Wildman–Crippen LogP) is 3.62. The van der Waals surface area contributed by atoms with Gasteiger partial charge in [-0.15, -0.1) is 0 Å². The van der Waals surface area contributed by atoms with Gasteiger partial charge in [-0.25, -0.2) is 9.07 Å². The van der Waals surface area contributed by atoms with Crippen LogP contribution in [0.1, 0.15) is 0 Å². The van der Waals surface area contributed by atoms with Gasteiger partial charge in [0, 0.05) is 6.07 Å². The van der Waals surface area contributed by atoms with Gasteiger partial charge in [0.2, 0.25) is 0 Å². The van der Waals surface area contributed by atoms with Crippen molar-refractivity contribution in [3.05, 3.63) is 53.0 Å². The van der Waals surface area contributed by atoms with Crippen LogP contribution in [-0.2, 0) is 0 Å². The Morgan fingerprint density at radius 1 is 1.21 bits per heavy atom. The van der Waals surface area contributed by atoms with Crippen molar-refractivity contribution in [3.8, 4) is 17.1 Å². The van der Waals surface area contributed by atoms with Crippen molar-refractivity contribution in [2.24, 2.45) is 0 Å². The highest BCUT2D eigenvalue weighted by molar-refractivity contribution is 9.10. The molecule has 0 aliphatic carbocycles. The second-order valence-corrected chi connectivity index (χ2v) is 4.70. The normalized spacial score (nSPS) is 10.8. The zero-order chi connectivity index (χ0) is 13.4. The molecule has 3 aromatic rings. The fourth-order valence-electron chi connectivity index (χ4n) is 1.78. The van der Waals surface area contributed by atoms with Crippen LogP contribution in [0.25, 0.3) is 17.1 Å². The van der Waals surface area contributed by atoms with Gasteiger partial charge in [0.05, 0.1) is 0 Å². The highest BCUT2D eigenvalue weighted by atomic mass is 79.9. The number of nitrogens with two attached hydrogens (primary N) is 1. The van der Waals surface area contributed by atoms with Crippen molar-refractivity contribution in [2.75, 3.05) is 5.73 Å². The maximum Gasteiger partial charge on any atom is 0.169 e. The van der Waals surface area contributed by atoms with E-state index >= 15 is 0 Å². The largest absolute Gasteiger partial charge is 0.448 e. The quantitative estimate of drug-likeness (QED) is 0.784. The number of halogens is 2. The summed E-state index contributed by atoms with van der Waals surface area (Å²) in [4.78, 5) is 0. The fraction of sp³-hybridized carbons (Fsp3) is 0. The number of aromatic nitrogens is 2. The highest BCUT2D eigenvalue weighted by Crippen LogP contribution is 2.27. The first-order chi connectivity index (χ1) is 9.15. The van der Waals surface area contributed by atoms with Gasteiger partial charge in [-0.3, -0.25) is 0 Å². The topological polar surface area (TPSA) is 57.0 Å². The molecule has 0 unspecified atom stereocenters. The summed E-state index contributed by atoms with van der Waals surface area (Å²) in [6.45, 7) is 0. The Labute approximate surface area is 116 Å². The lowest BCUT2D eigenvalue weighted by molar-refractivity contribution is 0.552. The number of nitrogen functional groups attached to an aromatic ring is 1. The maximum absolute atomic E-state index is 13.7. The number of furan rings is 1. The smallest absolute Gasteiger partial charge is 0.169 e. The Morgan fingerprint density at radius 2 is 2.00 bits per heavy atom. The Kier molecular flexibility index (Phi) is 2.87. The molecule has 0 radical (unpaired) electrons. The van der Waals surface area contributed by atoms with Gasteiger partial charge < -0.3 is 10.2 Å². The van der Waals surface area contributed by atoms with Gasteiger partial charge >= 0.3 is 0 Å². The van der Waals surface area contributed by atoms with Crippen molar-refractivity contribution in [2.45, 2.75) is 0 Å². The summed E-state index contributed by atoms with van der Waals surface area (Å²) >= 11 is 3.22. The second kappa shape index (κ2) is 4.55. The van der Waals surface area contributed by atoms with E-state index in [4.69, 9.17) is 10.2 Å². The molecule has 96 valence electrons. The lowest BCUT2D eigenvalue weighted by atomic mass is 10.3. The zero-order valence-electron chi connectivity index (χ0n) is 9.68. The lowest BCUT2D eigenvalue weighted by Crippen LogP contribution is -2.03. The van der Waals surface area contributed by atoms with E-state index in [1.54, 1.807) is 36.4 Å². The van der Waals surface area contributed by atoms with E-state index in [1.807, 2.05) is 0 Å². The molecule has 2 aromatic heterocycles. The number of anilines is 1. The van der Waals surface area contributed by atoms with Crippen LogP contribution in [0.3, 0.4) is 0 Å². The van der Waals surface area contributed by atoms with Gasteiger partial charge in [0.1, 0.15) is 23.0 Å². The number of benzene rings is 1. The number of hydrogen-bond donors (Lipinski definition) is 1. The van der Waals surface area contributed by atoms with E-state index in [1.165, 1.54) is 10.7 Å². The third-order valence-electron chi connectivity index (χ3n) is 2.64. The number of para-hydroxylation sites is 1. The van der Waals surface area contributed by atoms with Crippen LogP contribution >= 0.6 is 15.9 Å². The highest BCUT2D eigenvalue weighted by Gasteiger charge is 2.13. The molecule has 6 heteroatoms. The van der Waals surface area contributed by atoms with E-state index in [9.17, 15) is 4.39 Å². The predicted molar refractivity (Wildman–Crippen MR) is 73.3 cm³/mol. The van der Waals surface area contributed by atoms with Crippen LogP contribution in [0, 0.1) is 5.82 Å². The molecule has 0 aliphatic rings. The Balaban J connectivity index is 2.10. The van der Waals surface area contributed by atoms with Gasteiger partial charge in [-0.2, -0.15) is 5.10 Å². The molecule has 19 heavy (non-hydrogen) atoms. The Morgan fingerprint density at radius 3 is 2.68 bits per heavy atom. The third-order valence-corrected chi connectivity index (χ3v) is 3.07. The monoisotopic (exact) mass is 321 g/mol. The first-order valence-electron chi connectivity index (χ1n) is 5.51. The Bertz CT molecular complexity index is 735. The zero-order valence-corrected chi connectivity index (χ0v) is 11.3. The lowest BCUT2D eigenvalue weighted by Gasteiger charge is -2.04. The van der Waals surface area contributed by atoms with E-state index in [-0.39, 0.29) is 5.82 Å². The minimum atomic E-state index is -0.385. The minimum absolute atomic E-state index is 0.303. The molecule has 0 amide bonds. The summed E-state index contributed by atoms with van der Waals surface area (Å²) in [5, 5.41) is 4.26. The number of rotatable bonds is 2. The first kappa shape index (κ1) is 12.0. The molecular formula is C13H9BrFN3O. The van der Waals surface area contributed by atoms with E-state index < -0.39 is 0 Å². The molecule has 0 saturated carbocycles. The number of hydrogen-bond acceptors (Lipinski definition) is 3. The minimum Gasteiger partial charge on any atom is -0.448 e. The molecule has 3 rings (SSSR count). The molecule has 0 aliphatic heterocycles. The van der Waals surface area contributed by atoms with Crippen molar-refractivity contribution < 1.29 is 8.81 Å². The summed E-state index contributed by atoms with van der Waals surface area (Å²) in [7, 11) is 0. The standard InChI is InChI=1S/C13H9BrFN3O/c14-12-6-5-11(19-12)9-7-13(16)18(17-9)10-4-2-1-3-8(10)15/h1-7H,16H2. The average Bonchev–Trinajstić information content (AvgIpc) is 2.96. The molecule has 1 aromatic carbocycles. The maximum atomic E-state index is 13.7. The molecule has 0 saturated heterocycles. The first-order valence-corrected chi connectivity index (χ1v) is 6.30. The molecule has 0 fully saturated rings. The van der Waals surface area contributed by atoms with Gasteiger partial charge in [0.25, 0.3) is 0 Å². The van der Waals surface area contributed by atoms with Crippen LogP contribution in [0.5, 0.6) is 0 Å². The van der Waals surface area contributed by atoms with E-state index in [0.717, 1.165) is 0 Å². The SMILES string of the molecule is Nc1cc(-c2ccc(Br)o2)nn1-c1ccccc1F. The Hall–Kier alpha value is -2.08. The summed E-state index contributed by atoms with van der Waals surface area (Å²) < 4.78 is 21.1. The van der Waals surface area contributed by atoms with Crippen molar-refractivity contribution in [1.29, 1.82) is 0 Å². The molecule has 0 atom stereocenters. The summed E-state index contributed by atoms with van der Waals surface area (Å²) in [5.74, 6) is 0.519. The van der Waals surface area contributed by atoms with Crippen molar-refractivity contribution in [1.82, 2.24) is 9.78 Å². The van der Waals surface area contributed by atoms with Gasteiger partial charge in [-0.1, -0.05) is 12.1 Å². The molecule has 2 heterocycles. The molecular weight excluding hydrogens is 313 g/mol. The molecule has 0 spiro atoms. The van der Waals surface area contributed by atoms with Crippen LogP contribution in [0.15, 0.2) is 51.6 Å². The fourth-order valence-corrected chi connectivity index (χ4v) is 2.09. The second-order valence-electron chi connectivity index (χ2n) is 3.92. The summed E-state index contributed by atoms with van der Waals surface area (Å²) in [6.07, 6.45) is 0. The van der Waals surface area contributed by atoms with Crippen molar-refractivity contribution >= 4 is 21.7 Å². The summed E-state index contributed by atoms with van der Waals surface area (Å²) in [6, 6.07) is 11.5. The number of nitrogens with zero attached hydrogens (tertiary/aromatic N) is 2. The van der Waals surface area contributed by atoms with E-state index in [2.05, 4.69) is 21.0 Å². The van der Waals surface area contributed by atoms with Crippen molar-refractivity contribution in [3.63, 3.8) is 0 Å². The van der Waals surface area contributed by atoms with Gasteiger partial charge in [-0.05, 0) is 40.2 Å². The molecule has 2 N–H and O–H groups in total. The van der Waals surface area contributed by atoms with E-state index in [0.29, 0.717) is 27.6 Å². The van der Waals surface area contributed by atoms with Crippen LogP contribution in [0.2, 0.25) is 0 Å².